The van der Waals surface area contributed by atoms with Crippen molar-refractivity contribution in [3.8, 4) is 0 Å². The van der Waals surface area contributed by atoms with E-state index in [1.807, 2.05) is 18.7 Å². The predicted molar refractivity (Wildman–Crippen MR) is 76.5 cm³/mol. The summed E-state index contributed by atoms with van der Waals surface area (Å²) < 4.78 is 26.0. The molecule has 2 nitrogen and oxygen atoms in total. The molecule has 0 radical (unpaired) electrons. The minimum atomic E-state index is -0.790. The summed E-state index contributed by atoms with van der Waals surface area (Å²) in [5, 5.41) is 3.36. The van der Waals surface area contributed by atoms with Gasteiger partial charge in [0.15, 0.2) is 11.6 Å². The molecule has 1 fully saturated rings. The molecule has 1 N–H and O–H groups in total. The monoisotopic (exact) mass is 286 g/mol. The Morgan fingerprint density at radius 3 is 2.68 bits per heavy atom. The number of thioether (sulfide) groups is 1. The molecule has 5 heteroatoms. The quantitative estimate of drug-likeness (QED) is 0.896. The average molecular weight is 286 g/mol. The zero-order chi connectivity index (χ0) is 13.7. The maximum Gasteiger partial charge on any atom is 0.159 e. The lowest BCUT2D eigenvalue weighted by Crippen LogP contribution is -2.38. The van der Waals surface area contributed by atoms with E-state index in [-0.39, 0.29) is 6.04 Å². The van der Waals surface area contributed by atoms with Crippen LogP contribution in [-0.4, -0.2) is 42.6 Å². The second kappa shape index (κ2) is 7.22. The molecule has 0 bridgehead atoms. The lowest BCUT2D eigenvalue weighted by Gasteiger charge is -2.26. The minimum Gasteiger partial charge on any atom is -0.309 e. The number of nitrogens with one attached hydrogen (secondary N) is 1. The molecule has 1 aliphatic heterocycles. The van der Waals surface area contributed by atoms with Crippen molar-refractivity contribution < 1.29 is 8.78 Å². The van der Waals surface area contributed by atoms with Crippen molar-refractivity contribution in [2.75, 3.05) is 37.7 Å². The lowest BCUT2D eigenvalue weighted by atomic mass is 10.1. The van der Waals surface area contributed by atoms with Crippen LogP contribution in [0.1, 0.15) is 18.5 Å². The Kier molecular flexibility index (Phi) is 5.60. The molecule has 0 aromatic heterocycles. The molecule has 1 atom stereocenters. The highest BCUT2D eigenvalue weighted by Gasteiger charge is 2.11. The highest BCUT2D eigenvalue weighted by Crippen LogP contribution is 2.15. The molecule has 1 heterocycles. The van der Waals surface area contributed by atoms with Gasteiger partial charge in [-0.05, 0) is 24.6 Å². The number of hydrogen-bond acceptors (Lipinski definition) is 3. The summed E-state index contributed by atoms with van der Waals surface area (Å²) in [6.45, 7) is 6.13. The van der Waals surface area contributed by atoms with Crippen LogP contribution in [0.5, 0.6) is 0 Å². The molecular formula is C14H20F2N2S. The van der Waals surface area contributed by atoms with Gasteiger partial charge in [0.1, 0.15) is 0 Å². The zero-order valence-electron chi connectivity index (χ0n) is 11.2. The van der Waals surface area contributed by atoms with Gasteiger partial charge in [0.2, 0.25) is 0 Å². The van der Waals surface area contributed by atoms with E-state index >= 15 is 0 Å². The Morgan fingerprint density at radius 1 is 1.26 bits per heavy atom. The second-order valence-corrected chi connectivity index (χ2v) is 6.03. The fourth-order valence-corrected chi connectivity index (χ4v) is 3.14. The Balaban J connectivity index is 1.76. The van der Waals surface area contributed by atoms with Crippen LogP contribution < -0.4 is 5.32 Å². The summed E-state index contributed by atoms with van der Waals surface area (Å²) in [5.74, 6) is 0.846. The van der Waals surface area contributed by atoms with Gasteiger partial charge in [-0.3, -0.25) is 0 Å². The molecule has 0 saturated carbocycles. The predicted octanol–water partition coefficient (Wildman–Crippen LogP) is 2.66. The minimum absolute atomic E-state index is 0.0364. The van der Waals surface area contributed by atoms with Crippen molar-refractivity contribution >= 4 is 11.8 Å². The molecule has 1 saturated heterocycles. The van der Waals surface area contributed by atoms with Crippen molar-refractivity contribution in [1.82, 2.24) is 10.2 Å². The van der Waals surface area contributed by atoms with E-state index in [1.165, 1.54) is 23.6 Å². The molecule has 1 aromatic carbocycles. The Labute approximate surface area is 117 Å². The standard InChI is InChI=1S/C14H20F2N2S/c1-11(12-2-3-13(15)14(16)10-12)17-4-5-18-6-8-19-9-7-18/h2-3,10-11,17H,4-9H2,1H3. The Hall–Kier alpha value is -0.650. The Morgan fingerprint density at radius 2 is 2.00 bits per heavy atom. The van der Waals surface area contributed by atoms with E-state index in [0.717, 1.165) is 31.7 Å². The molecule has 1 unspecified atom stereocenters. The molecule has 0 spiro atoms. The maximum atomic E-state index is 13.1. The third-order valence-electron chi connectivity index (χ3n) is 3.43. The highest BCUT2D eigenvalue weighted by atomic mass is 32.2. The second-order valence-electron chi connectivity index (χ2n) is 4.80. The summed E-state index contributed by atoms with van der Waals surface area (Å²) >= 11 is 2.00. The van der Waals surface area contributed by atoms with Gasteiger partial charge in [0.05, 0.1) is 0 Å². The summed E-state index contributed by atoms with van der Waals surface area (Å²) in [7, 11) is 0. The van der Waals surface area contributed by atoms with Gasteiger partial charge in [0, 0.05) is 43.7 Å². The number of hydrogen-bond donors (Lipinski definition) is 1. The van der Waals surface area contributed by atoms with Crippen LogP contribution in [0, 0.1) is 11.6 Å². The van der Waals surface area contributed by atoms with E-state index in [9.17, 15) is 8.78 Å². The smallest absolute Gasteiger partial charge is 0.159 e. The molecular weight excluding hydrogens is 266 g/mol. The zero-order valence-corrected chi connectivity index (χ0v) is 12.0. The fraction of sp³-hybridized carbons (Fsp3) is 0.571. The van der Waals surface area contributed by atoms with E-state index < -0.39 is 11.6 Å². The fourth-order valence-electron chi connectivity index (χ4n) is 2.16. The number of nitrogens with zero attached hydrogens (tertiary/aromatic N) is 1. The Bertz CT molecular complexity index is 408. The van der Waals surface area contributed by atoms with Gasteiger partial charge in [-0.25, -0.2) is 8.78 Å². The van der Waals surface area contributed by atoms with Crippen LogP contribution in [0.4, 0.5) is 8.78 Å². The lowest BCUT2D eigenvalue weighted by molar-refractivity contribution is 0.296. The first kappa shape index (κ1) is 14.8. The van der Waals surface area contributed by atoms with Crippen molar-refractivity contribution in [1.29, 1.82) is 0 Å². The molecule has 19 heavy (non-hydrogen) atoms. The van der Waals surface area contributed by atoms with Gasteiger partial charge >= 0.3 is 0 Å². The third-order valence-corrected chi connectivity index (χ3v) is 4.37. The first-order valence-corrected chi connectivity index (χ1v) is 7.80. The molecule has 0 aliphatic carbocycles. The SMILES string of the molecule is CC(NCCN1CCSCC1)c1ccc(F)c(F)c1. The molecule has 2 rings (SSSR count). The van der Waals surface area contributed by atoms with Crippen molar-refractivity contribution in [3.05, 3.63) is 35.4 Å². The highest BCUT2D eigenvalue weighted by molar-refractivity contribution is 7.99. The van der Waals surface area contributed by atoms with E-state index in [1.54, 1.807) is 6.07 Å². The van der Waals surface area contributed by atoms with Gasteiger partial charge < -0.3 is 10.2 Å². The van der Waals surface area contributed by atoms with Crippen molar-refractivity contribution in [3.63, 3.8) is 0 Å². The van der Waals surface area contributed by atoms with E-state index in [4.69, 9.17) is 0 Å². The first-order chi connectivity index (χ1) is 9.16. The summed E-state index contributed by atoms with van der Waals surface area (Å²) in [6.07, 6.45) is 0. The molecule has 0 amide bonds. The maximum absolute atomic E-state index is 13.1. The van der Waals surface area contributed by atoms with Crippen LogP contribution in [0.25, 0.3) is 0 Å². The van der Waals surface area contributed by atoms with Crippen LogP contribution in [0.3, 0.4) is 0 Å². The van der Waals surface area contributed by atoms with Crippen LogP contribution >= 0.6 is 11.8 Å². The van der Waals surface area contributed by atoms with Crippen LogP contribution in [0.15, 0.2) is 18.2 Å². The van der Waals surface area contributed by atoms with Gasteiger partial charge in [-0.2, -0.15) is 11.8 Å². The number of rotatable bonds is 5. The first-order valence-electron chi connectivity index (χ1n) is 6.65. The normalized spacial score (nSPS) is 18.5. The largest absolute Gasteiger partial charge is 0.309 e. The summed E-state index contributed by atoms with van der Waals surface area (Å²) in [6, 6.07) is 4.12. The van der Waals surface area contributed by atoms with Crippen molar-refractivity contribution in [2.45, 2.75) is 13.0 Å². The average Bonchev–Trinajstić information content (AvgIpc) is 2.43. The van der Waals surface area contributed by atoms with Crippen LogP contribution in [-0.2, 0) is 0 Å². The van der Waals surface area contributed by atoms with Gasteiger partial charge in [-0.15, -0.1) is 0 Å². The summed E-state index contributed by atoms with van der Waals surface area (Å²) in [4.78, 5) is 2.43. The van der Waals surface area contributed by atoms with Gasteiger partial charge in [0.25, 0.3) is 0 Å². The molecule has 106 valence electrons. The molecule has 1 aliphatic rings. The van der Waals surface area contributed by atoms with E-state index in [0.29, 0.717) is 0 Å². The third kappa shape index (κ3) is 4.44. The number of benzene rings is 1. The van der Waals surface area contributed by atoms with Crippen LogP contribution in [0.2, 0.25) is 0 Å². The topological polar surface area (TPSA) is 15.3 Å². The van der Waals surface area contributed by atoms with Crippen molar-refractivity contribution in [2.24, 2.45) is 0 Å². The number of halogens is 2. The molecule has 1 aromatic rings. The van der Waals surface area contributed by atoms with E-state index in [2.05, 4.69) is 10.2 Å². The summed E-state index contributed by atoms with van der Waals surface area (Å²) in [5.41, 5.74) is 0.785. The van der Waals surface area contributed by atoms with Gasteiger partial charge in [-0.1, -0.05) is 6.07 Å².